The van der Waals surface area contributed by atoms with E-state index in [1.54, 1.807) is 0 Å². The van der Waals surface area contributed by atoms with Gasteiger partial charge in [-0.15, -0.1) is 0 Å². The molecule has 0 bridgehead atoms. The van der Waals surface area contributed by atoms with Crippen LogP contribution < -0.4 is 0 Å². The van der Waals surface area contributed by atoms with Gasteiger partial charge in [-0.3, -0.25) is 4.90 Å². The molecule has 0 saturated heterocycles. The fraction of sp³-hybridized carbons (Fsp3) is 0.455. The smallest absolute Gasteiger partial charge is 0.0558 e. The molecule has 2 rings (SSSR count). The van der Waals surface area contributed by atoms with Crippen LogP contribution >= 0.6 is 0 Å². The highest BCUT2D eigenvalue weighted by Crippen LogP contribution is 2.17. The maximum atomic E-state index is 8.82. The lowest BCUT2D eigenvalue weighted by Gasteiger charge is -2.27. The molecule has 2 heteroatoms. The minimum absolute atomic E-state index is 0.256. The SMILES string of the molecule is OCCN1CCc2cc[c]cc2C1. The van der Waals surface area contributed by atoms with Crippen molar-refractivity contribution in [3.8, 4) is 0 Å². The second kappa shape index (κ2) is 3.90. The zero-order chi connectivity index (χ0) is 9.10. The van der Waals surface area contributed by atoms with Gasteiger partial charge in [0.15, 0.2) is 0 Å². The van der Waals surface area contributed by atoms with Crippen LogP contribution in [0.15, 0.2) is 18.2 Å². The van der Waals surface area contributed by atoms with Crippen LogP contribution in [0.3, 0.4) is 0 Å². The summed E-state index contributed by atoms with van der Waals surface area (Å²) in [6, 6.07) is 9.27. The lowest BCUT2D eigenvalue weighted by Crippen LogP contribution is -2.32. The summed E-state index contributed by atoms with van der Waals surface area (Å²) < 4.78 is 0. The number of β-amino-alcohol motifs (C(OH)–C–C–N with tert-alkyl or cyclic N) is 1. The van der Waals surface area contributed by atoms with Crippen LogP contribution in [0.25, 0.3) is 0 Å². The standard InChI is InChI=1S/C11H14NO/c13-8-7-12-6-5-10-3-1-2-4-11(10)9-12/h1,3-4,13H,5-9H2. The van der Waals surface area contributed by atoms with E-state index in [9.17, 15) is 0 Å². The third-order valence-corrected chi connectivity index (χ3v) is 2.56. The lowest BCUT2D eigenvalue weighted by molar-refractivity contribution is 0.184. The zero-order valence-corrected chi connectivity index (χ0v) is 7.66. The first-order chi connectivity index (χ1) is 6.40. The second-order valence-corrected chi connectivity index (χ2v) is 3.44. The molecule has 13 heavy (non-hydrogen) atoms. The minimum Gasteiger partial charge on any atom is -0.395 e. The summed E-state index contributed by atoms with van der Waals surface area (Å²) in [4.78, 5) is 2.27. The molecule has 0 aliphatic carbocycles. The Labute approximate surface area is 78.8 Å². The van der Waals surface area contributed by atoms with Gasteiger partial charge in [-0.1, -0.05) is 12.1 Å². The number of aliphatic hydroxyl groups is 1. The van der Waals surface area contributed by atoms with Gasteiger partial charge in [0.1, 0.15) is 0 Å². The Morgan fingerprint density at radius 1 is 1.46 bits per heavy atom. The van der Waals surface area contributed by atoms with E-state index < -0.39 is 0 Å². The summed E-state index contributed by atoms with van der Waals surface area (Å²) in [6.07, 6.45) is 1.10. The molecule has 0 aromatic heterocycles. The van der Waals surface area contributed by atoms with Crippen molar-refractivity contribution < 1.29 is 5.11 Å². The Hall–Kier alpha value is -0.860. The molecule has 1 radical (unpaired) electrons. The van der Waals surface area contributed by atoms with Gasteiger partial charge >= 0.3 is 0 Å². The molecule has 1 aromatic carbocycles. The third kappa shape index (κ3) is 1.90. The van der Waals surface area contributed by atoms with Crippen molar-refractivity contribution in [2.45, 2.75) is 13.0 Å². The first kappa shape index (κ1) is 8.73. The average molecular weight is 176 g/mol. The molecule has 0 amide bonds. The largest absolute Gasteiger partial charge is 0.395 e. The first-order valence-electron chi connectivity index (χ1n) is 4.71. The quantitative estimate of drug-likeness (QED) is 0.721. The Bertz CT molecular complexity index is 285. The molecule has 0 saturated carbocycles. The fourth-order valence-electron chi connectivity index (χ4n) is 1.82. The summed E-state index contributed by atoms with van der Waals surface area (Å²) >= 11 is 0. The van der Waals surface area contributed by atoms with Gasteiger partial charge in [-0.05, 0) is 29.7 Å². The number of benzene rings is 1. The van der Waals surface area contributed by atoms with Gasteiger partial charge in [0, 0.05) is 19.6 Å². The van der Waals surface area contributed by atoms with Gasteiger partial charge in [-0.2, -0.15) is 0 Å². The van der Waals surface area contributed by atoms with Crippen molar-refractivity contribution in [2.24, 2.45) is 0 Å². The highest BCUT2D eigenvalue weighted by molar-refractivity contribution is 5.28. The van der Waals surface area contributed by atoms with E-state index in [0.29, 0.717) is 0 Å². The molecule has 0 spiro atoms. The molecular weight excluding hydrogens is 162 g/mol. The predicted octanol–water partition coefficient (Wildman–Crippen LogP) is 0.837. The van der Waals surface area contributed by atoms with Gasteiger partial charge in [0.05, 0.1) is 6.61 Å². The number of aliphatic hydroxyl groups excluding tert-OH is 1. The minimum atomic E-state index is 0.256. The van der Waals surface area contributed by atoms with Crippen molar-refractivity contribution in [3.63, 3.8) is 0 Å². The van der Waals surface area contributed by atoms with E-state index in [4.69, 9.17) is 5.11 Å². The summed E-state index contributed by atoms with van der Waals surface area (Å²) in [5.74, 6) is 0. The number of nitrogens with zero attached hydrogens (tertiary/aromatic N) is 1. The molecular formula is C11H14NO. The van der Waals surface area contributed by atoms with E-state index in [0.717, 1.165) is 26.1 Å². The van der Waals surface area contributed by atoms with E-state index >= 15 is 0 Å². The Morgan fingerprint density at radius 3 is 3.23 bits per heavy atom. The summed E-state index contributed by atoms with van der Waals surface area (Å²) in [7, 11) is 0. The topological polar surface area (TPSA) is 23.5 Å². The summed E-state index contributed by atoms with van der Waals surface area (Å²) in [5, 5.41) is 8.82. The molecule has 0 unspecified atom stereocenters. The number of hydrogen-bond donors (Lipinski definition) is 1. The van der Waals surface area contributed by atoms with Crippen LogP contribution in [-0.2, 0) is 13.0 Å². The van der Waals surface area contributed by atoms with Gasteiger partial charge in [0.2, 0.25) is 0 Å². The molecule has 1 aliphatic heterocycles. The van der Waals surface area contributed by atoms with E-state index in [1.807, 2.05) is 6.07 Å². The molecule has 1 aromatic rings. The van der Waals surface area contributed by atoms with Crippen molar-refractivity contribution >= 4 is 0 Å². The summed E-state index contributed by atoms with van der Waals surface area (Å²) in [5.41, 5.74) is 2.80. The summed E-state index contributed by atoms with van der Waals surface area (Å²) in [6.45, 7) is 3.07. The van der Waals surface area contributed by atoms with Crippen LogP contribution in [0.4, 0.5) is 0 Å². The number of rotatable bonds is 2. The van der Waals surface area contributed by atoms with E-state index in [1.165, 1.54) is 11.1 Å². The molecule has 0 atom stereocenters. The first-order valence-corrected chi connectivity index (χ1v) is 4.71. The van der Waals surface area contributed by atoms with Crippen LogP contribution in [0.5, 0.6) is 0 Å². The van der Waals surface area contributed by atoms with Crippen LogP contribution in [0, 0.1) is 6.07 Å². The lowest BCUT2D eigenvalue weighted by atomic mass is 10.0. The van der Waals surface area contributed by atoms with Gasteiger partial charge in [0.25, 0.3) is 0 Å². The molecule has 1 N–H and O–H groups in total. The monoisotopic (exact) mass is 176 g/mol. The predicted molar refractivity (Wildman–Crippen MR) is 51.3 cm³/mol. The molecule has 1 heterocycles. The zero-order valence-electron chi connectivity index (χ0n) is 7.66. The van der Waals surface area contributed by atoms with Gasteiger partial charge < -0.3 is 5.11 Å². The Balaban J connectivity index is 2.11. The highest BCUT2D eigenvalue weighted by Gasteiger charge is 2.14. The van der Waals surface area contributed by atoms with Crippen molar-refractivity contribution in [1.82, 2.24) is 4.90 Å². The molecule has 2 nitrogen and oxygen atoms in total. The van der Waals surface area contributed by atoms with Crippen LogP contribution in [-0.4, -0.2) is 29.7 Å². The normalized spacial score (nSPS) is 17.0. The number of fused-ring (bicyclic) bond motifs is 1. The third-order valence-electron chi connectivity index (χ3n) is 2.56. The van der Waals surface area contributed by atoms with Gasteiger partial charge in [-0.25, -0.2) is 0 Å². The Kier molecular flexibility index (Phi) is 2.62. The Morgan fingerprint density at radius 2 is 2.38 bits per heavy atom. The number of hydrogen-bond acceptors (Lipinski definition) is 2. The second-order valence-electron chi connectivity index (χ2n) is 3.44. The van der Waals surface area contributed by atoms with Crippen LogP contribution in [0.1, 0.15) is 11.1 Å². The molecule has 69 valence electrons. The van der Waals surface area contributed by atoms with E-state index in [2.05, 4.69) is 23.1 Å². The van der Waals surface area contributed by atoms with Crippen LogP contribution in [0.2, 0.25) is 0 Å². The van der Waals surface area contributed by atoms with E-state index in [-0.39, 0.29) is 6.61 Å². The van der Waals surface area contributed by atoms with Crippen molar-refractivity contribution in [1.29, 1.82) is 0 Å². The highest BCUT2D eigenvalue weighted by atomic mass is 16.3. The average Bonchev–Trinajstić information content (AvgIpc) is 2.18. The molecule has 1 aliphatic rings. The fourth-order valence-corrected chi connectivity index (χ4v) is 1.82. The van der Waals surface area contributed by atoms with Crippen molar-refractivity contribution in [3.05, 3.63) is 35.4 Å². The maximum Gasteiger partial charge on any atom is 0.0558 e. The molecule has 0 fully saturated rings. The maximum absolute atomic E-state index is 8.82. The van der Waals surface area contributed by atoms with Crippen molar-refractivity contribution in [2.75, 3.05) is 19.7 Å².